The highest BCUT2D eigenvalue weighted by Crippen LogP contribution is 2.51. The van der Waals surface area contributed by atoms with Gasteiger partial charge in [0.1, 0.15) is 0 Å². The summed E-state index contributed by atoms with van der Waals surface area (Å²) in [5.41, 5.74) is -6.47. The van der Waals surface area contributed by atoms with Crippen molar-refractivity contribution in [1.29, 1.82) is 0 Å². The first-order valence-corrected chi connectivity index (χ1v) is 5.38. The molecule has 2 nitrogen and oxygen atoms in total. The van der Waals surface area contributed by atoms with Crippen molar-refractivity contribution < 1.29 is 40.3 Å². The van der Waals surface area contributed by atoms with Gasteiger partial charge in [-0.05, 0) is 19.4 Å². The van der Waals surface area contributed by atoms with Crippen LogP contribution in [0.4, 0.5) is 30.7 Å². The monoisotopic (exact) mass is 310 g/mol. The Hall–Kier alpha value is -1.28. The first-order valence-electron chi connectivity index (χ1n) is 5.38. The van der Waals surface area contributed by atoms with Gasteiger partial charge in [0.2, 0.25) is 0 Å². The zero-order chi connectivity index (χ0) is 16.5. The number of halogens is 7. The largest absolute Gasteiger partial charge is 0.439 e. The fraction of sp³-hybridized carbons (Fsp3) is 0.727. The number of allylic oxidation sites excluding steroid dienone is 2. The van der Waals surface area contributed by atoms with Gasteiger partial charge < -0.3 is 4.74 Å². The van der Waals surface area contributed by atoms with Crippen molar-refractivity contribution >= 4 is 5.97 Å². The van der Waals surface area contributed by atoms with E-state index in [9.17, 15) is 35.5 Å². The first kappa shape index (κ1) is 18.7. The molecule has 0 unspecified atom stereocenters. The van der Waals surface area contributed by atoms with Crippen LogP contribution in [0.25, 0.3) is 0 Å². The van der Waals surface area contributed by atoms with E-state index in [0.29, 0.717) is 0 Å². The molecular formula is C11H13F7O2. The van der Waals surface area contributed by atoms with Crippen LogP contribution in [0.3, 0.4) is 0 Å². The summed E-state index contributed by atoms with van der Waals surface area (Å²) in [6.07, 6.45) is -12.6. The molecule has 0 aliphatic rings. The molecule has 0 amide bonds. The summed E-state index contributed by atoms with van der Waals surface area (Å²) in [5, 5.41) is 0. The standard InChI is InChI=1S/C11H13F7O2/c1-5(2)7(20-8(19)6(3)4)9(12,10(13,14)15)11(16,17)18/h6H,1-4H3. The van der Waals surface area contributed by atoms with Crippen molar-refractivity contribution in [1.82, 2.24) is 0 Å². The van der Waals surface area contributed by atoms with Gasteiger partial charge in [-0.3, -0.25) is 4.79 Å². The second kappa shape index (κ2) is 5.61. The highest BCUT2D eigenvalue weighted by Gasteiger charge is 2.76. The minimum Gasteiger partial charge on any atom is -0.427 e. The average molecular weight is 310 g/mol. The fourth-order valence-corrected chi connectivity index (χ4v) is 1.15. The Balaban J connectivity index is 6.01. The molecule has 0 aromatic carbocycles. The molecule has 9 heteroatoms. The van der Waals surface area contributed by atoms with Gasteiger partial charge in [0.25, 0.3) is 0 Å². The molecule has 0 radical (unpaired) electrons. The molecule has 0 fully saturated rings. The van der Waals surface area contributed by atoms with E-state index in [-0.39, 0.29) is 0 Å². The number of carbonyl (C=O) groups excluding carboxylic acids is 1. The first-order chi connectivity index (χ1) is 8.66. The summed E-state index contributed by atoms with van der Waals surface area (Å²) in [6, 6.07) is 0. The normalized spacial score (nSPS) is 13.4. The van der Waals surface area contributed by atoms with E-state index in [2.05, 4.69) is 4.74 Å². The average Bonchev–Trinajstić information content (AvgIpc) is 2.20. The van der Waals surface area contributed by atoms with Gasteiger partial charge in [0, 0.05) is 0 Å². The zero-order valence-corrected chi connectivity index (χ0v) is 11.0. The summed E-state index contributed by atoms with van der Waals surface area (Å²) < 4.78 is 93.0. The van der Waals surface area contributed by atoms with Gasteiger partial charge in [0.05, 0.1) is 5.92 Å². The Morgan fingerprint density at radius 3 is 1.45 bits per heavy atom. The van der Waals surface area contributed by atoms with Crippen LogP contribution in [0.2, 0.25) is 0 Å². The van der Waals surface area contributed by atoms with E-state index in [1.807, 2.05) is 0 Å². The van der Waals surface area contributed by atoms with Crippen LogP contribution >= 0.6 is 0 Å². The second-order valence-electron chi connectivity index (χ2n) is 4.56. The zero-order valence-electron chi connectivity index (χ0n) is 11.0. The molecule has 0 N–H and O–H groups in total. The van der Waals surface area contributed by atoms with E-state index < -0.39 is 41.2 Å². The molecule has 0 aromatic rings. The number of hydrogen-bond acceptors (Lipinski definition) is 2. The Bertz CT molecular complexity index is 386. The van der Waals surface area contributed by atoms with Crippen LogP contribution in [-0.4, -0.2) is 24.0 Å². The van der Waals surface area contributed by atoms with Gasteiger partial charge >= 0.3 is 24.0 Å². The highest BCUT2D eigenvalue weighted by atomic mass is 19.4. The highest BCUT2D eigenvalue weighted by molar-refractivity contribution is 5.73. The van der Waals surface area contributed by atoms with Crippen molar-refractivity contribution in [2.75, 3.05) is 0 Å². The van der Waals surface area contributed by atoms with Crippen LogP contribution in [0, 0.1) is 5.92 Å². The number of alkyl halides is 7. The van der Waals surface area contributed by atoms with Crippen molar-refractivity contribution in [3.63, 3.8) is 0 Å². The lowest BCUT2D eigenvalue weighted by atomic mass is 9.98. The Labute approximate surface area is 110 Å². The van der Waals surface area contributed by atoms with Crippen molar-refractivity contribution in [3.05, 3.63) is 11.3 Å². The lowest BCUT2D eigenvalue weighted by molar-refractivity contribution is -0.334. The van der Waals surface area contributed by atoms with Crippen molar-refractivity contribution in [2.45, 2.75) is 45.7 Å². The molecule has 0 spiro atoms. The summed E-state index contributed by atoms with van der Waals surface area (Å²) in [7, 11) is 0. The molecule has 0 bridgehead atoms. The topological polar surface area (TPSA) is 26.3 Å². The van der Waals surface area contributed by atoms with E-state index in [1.54, 1.807) is 0 Å². The van der Waals surface area contributed by atoms with Gasteiger partial charge in [-0.2, -0.15) is 26.3 Å². The number of ether oxygens (including phenoxy) is 1. The molecule has 20 heavy (non-hydrogen) atoms. The summed E-state index contributed by atoms with van der Waals surface area (Å²) in [4.78, 5) is 11.2. The summed E-state index contributed by atoms with van der Waals surface area (Å²) in [6.45, 7) is 3.95. The number of esters is 1. The molecule has 118 valence electrons. The lowest BCUT2D eigenvalue weighted by Crippen LogP contribution is -2.55. The Morgan fingerprint density at radius 2 is 1.25 bits per heavy atom. The Kier molecular flexibility index (Phi) is 5.25. The summed E-state index contributed by atoms with van der Waals surface area (Å²) in [5.74, 6) is -4.50. The molecule has 0 saturated heterocycles. The third-order valence-electron chi connectivity index (χ3n) is 2.22. The number of rotatable bonds is 3. The Morgan fingerprint density at radius 1 is 0.900 bits per heavy atom. The van der Waals surface area contributed by atoms with Crippen LogP contribution in [-0.2, 0) is 9.53 Å². The summed E-state index contributed by atoms with van der Waals surface area (Å²) >= 11 is 0. The molecule has 0 atom stereocenters. The van der Waals surface area contributed by atoms with Gasteiger partial charge in [-0.1, -0.05) is 13.8 Å². The predicted molar refractivity (Wildman–Crippen MR) is 55.3 cm³/mol. The predicted octanol–water partition coefficient (Wildman–Crippen LogP) is 4.31. The van der Waals surface area contributed by atoms with Crippen LogP contribution in [0.5, 0.6) is 0 Å². The van der Waals surface area contributed by atoms with Gasteiger partial charge in [-0.25, -0.2) is 4.39 Å². The third-order valence-corrected chi connectivity index (χ3v) is 2.22. The minimum atomic E-state index is -6.31. The second-order valence-corrected chi connectivity index (χ2v) is 4.56. The number of hydrogen-bond donors (Lipinski definition) is 0. The SMILES string of the molecule is CC(C)=C(OC(=O)C(C)C)C(F)(C(F)(F)F)C(F)(F)F. The molecular weight excluding hydrogens is 297 g/mol. The van der Waals surface area contributed by atoms with Crippen LogP contribution < -0.4 is 0 Å². The van der Waals surface area contributed by atoms with Gasteiger partial charge in [0.15, 0.2) is 5.76 Å². The van der Waals surface area contributed by atoms with Crippen LogP contribution in [0.1, 0.15) is 27.7 Å². The molecule has 0 saturated carbocycles. The molecule has 0 aromatic heterocycles. The number of carbonyl (C=O) groups is 1. The molecule has 0 heterocycles. The maximum atomic E-state index is 13.8. The molecule has 0 aliphatic heterocycles. The van der Waals surface area contributed by atoms with Crippen molar-refractivity contribution in [3.8, 4) is 0 Å². The van der Waals surface area contributed by atoms with Crippen molar-refractivity contribution in [2.24, 2.45) is 5.92 Å². The van der Waals surface area contributed by atoms with Gasteiger partial charge in [-0.15, -0.1) is 0 Å². The maximum absolute atomic E-state index is 13.8. The molecule has 0 rings (SSSR count). The molecule has 0 aliphatic carbocycles. The smallest absolute Gasteiger partial charge is 0.427 e. The minimum absolute atomic E-state index is 0.740. The fourth-order valence-electron chi connectivity index (χ4n) is 1.15. The van der Waals surface area contributed by atoms with Crippen LogP contribution in [0.15, 0.2) is 11.3 Å². The maximum Gasteiger partial charge on any atom is 0.439 e. The van der Waals surface area contributed by atoms with E-state index in [1.165, 1.54) is 13.8 Å². The van der Waals surface area contributed by atoms with E-state index >= 15 is 0 Å². The lowest BCUT2D eigenvalue weighted by Gasteiger charge is -2.32. The third kappa shape index (κ3) is 3.43. The van der Waals surface area contributed by atoms with E-state index in [4.69, 9.17) is 0 Å². The quantitative estimate of drug-likeness (QED) is 0.441. The van der Waals surface area contributed by atoms with E-state index in [0.717, 1.165) is 13.8 Å².